The maximum Gasteiger partial charge on any atom is 0.293 e. The molecule has 0 saturated heterocycles. The summed E-state index contributed by atoms with van der Waals surface area (Å²) in [6, 6.07) is 3.80. The van der Waals surface area contributed by atoms with Crippen LogP contribution in [0.4, 0.5) is 0 Å². The first kappa shape index (κ1) is 8.74. The van der Waals surface area contributed by atoms with Crippen LogP contribution in [0.25, 0.3) is 11.0 Å². The molecule has 0 fully saturated rings. The van der Waals surface area contributed by atoms with E-state index in [9.17, 15) is 4.79 Å². The molecule has 0 amide bonds. The van der Waals surface area contributed by atoms with Gasteiger partial charge < -0.3 is 9.72 Å². The second-order valence-corrected chi connectivity index (χ2v) is 3.02. The molecule has 2 aromatic heterocycles. The zero-order chi connectivity index (χ0) is 9.97. The lowest BCUT2D eigenvalue weighted by Gasteiger charge is -2.06. The van der Waals surface area contributed by atoms with Crippen LogP contribution in [0.5, 0.6) is 0 Å². The summed E-state index contributed by atoms with van der Waals surface area (Å²) in [5.41, 5.74) is 1.75. The highest BCUT2D eigenvalue weighted by molar-refractivity contribution is 5.79. The molecule has 14 heavy (non-hydrogen) atoms. The van der Waals surface area contributed by atoms with Crippen molar-refractivity contribution in [3.05, 3.63) is 30.1 Å². The predicted octanol–water partition coefficient (Wildman–Crippen LogP) is 1.80. The number of H-pyrrole nitrogens is 1. The lowest BCUT2D eigenvalue weighted by Crippen LogP contribution is -1.96. The number of rotatable bonds is 3. The summed E-state index contributed by atoms with van der Waals surface area (Å²) < 4.78 is 4.87. The molecule has 2 heterocycles. The molecule has 2 aromatic rings. The molecule has 0 aliphatic heterocycles. The van der Waals surface area contributed by atoms with E-state index in [2.05, 4.69) is 9.97 Å². The van der Waals surface area contributed by atoms with Gasteiger partial charge in [0.05, 0.1) is 0 Å². The van der Waals surface area contributed by atoms with E-state index in [4.69, 9.17) is 4.74 Å². The van der Waals surface area contributed by atoms with Crippen LogP contribution < -0.4 is 0 Å². The van der Waals surface area contributed by atoms with Gasteiger partial charge in [-0.15, -0.1) is 0 Å². The van der Waals surface area contributed by atoms with Gasteiger partial charge in [-0.1, -0.05) is 0 Å². The summed E-state index contributed by atoms with van der Waals surface area (Å²) in [5, 5.41) is 0.988. The zero-order valence-corrected chi connectivity index (χ0v) is 7.73. The average Bonchev–Trinajstić information content (AvgIpc) is 2.61. The molecule has 1 unspecified atom stereocenters. The van der Waals surface area contributed by atoms with Crippen LogP contribution in [0, 0.1) is 0 Å². The van der Waals surface area contributed by atoms with Gasteiger partial charge in [0.2, 0.25) is 0 Å². The Bertz CT molecular complexity index is 450. The van der Waals surface area contributed by atoms with Gasteiger partial charge in [-0.3, -0.25) is 4.79 Å². The van der Waals surface area contributed by atoms with Crippen LogP contribution in [-0.2, 0) is 9.53 Å². The molecule has 0 bridgehead atoms. The van der Waals surface area contributed by atoms with Gasteiger partial charge in [0.1, 0.15) is 11.8 Å². The first-order valence-electron chi connectivity index (χ1n) is 4.34. The summed E-state index contributed by atoms with van der Waals surface area (Å²) in [4.78, 5) is 17.4. The minimum atomic E-state index is -0.245. The molecular formula is C10H10N2O2. The number of ether oxygens (including phenoxy) is 1. The fourth-order valence-electron chi connectivity index (χ4n) is 1.47. The number of nitrogens with one attached hydrogen (secondary N) is 1. The van der Waals surface area contributed by atoms with Crippen LogP contribution in [0.1, 0.15) is 18.6 Å². The maximum absolute atomic E-state index is 10.2. The van der Waals surface area contributed by atoms with Crippen LogP contribution in [0.2, 0.25) is 0 Å². The topological polar surface area (TPSA) is 55.0 Å². The van der Waals surface area contributed by atoms with Crippen LogP contribution in [0.15, 0.2) is 24.5 Å². The Labute approximate surface area is 80.9 Å². The second-order valence-electron chi connectivity index (χ2n) is 3.02. The van der Waals surface area contributed by atoms with E-state index in [1.165, 1.54) is 0 Å². The summed E-state index contributed by atoms with van der Waals surface area (Å²) in [7, 11) is 0. The molecule has 4 nitrogen and oxygen atoms in total. The number of hydrogen-bond acceptors (Lipinski definition) is 3. The third-order valence-electron chi connectivity index (χ3n) is 2.18. The van der Waals surface area contributed by atoms with Crippen molar-refractivity contribution in [1.82, 2.24) is 9.97 Å². The fraction of sp³-hybridized carbons (Fsp3) is 0.200. The Morgan fingerprint density at radius 3 is 3.29 bits per heavy atom. The van der Waals surface area contributed by atoms with Gasteiger partial charge in [0, 0.05) is 23.3 Å². The highest BCUT2D eigenvalue weighted by atomic mass is 16.5. The molecule has 0 saturated carbocycles. The van der Waals surface area contributed by atoms with Gasteiger partial charge in [-0.2, -0.15) is 0 Å². The number of aromatic nitrogens is 2. The summed E-state index contributed by atoms with van der Waals surface area (Å²) in [6.45, 7) is 2.28. The van der Waals surface area contributed by atoms with Crippen molar-refractivity contribution in [2.24, 2.45) is 0 Å². The van der Waals surface area contributed by atoms with Gasteiger partial charge >= 0.3 is 0 Å². The molecule has 1 atom stereocenters. The smallest absolute Gasteiger partial charge is 0.293 e. The molecule has 4 heteroatoms. The molecule has 0 spiro atoms. The standard InChI is InChI=1S/C10H10N2O2/c1-7(14-6-13)9-5-12-10-8(9)3-2-4-11-10/h2-7H,1H3,(H,11,12). The Morgan fingerprint density at radius 1 is 1.64 bits per heavy atom. The van der Waals surface area contributed by atoms with E-state index >= 15 is 0 Å². The fourth-order valence-corrected chi connectivity index (χ4v) is 1.47. The van der Waals surface area contributed by atoms with E-state index in [1.807, 2.05) is 25.3 Å². The van der Waals surface area contributed by atoms with Crippen molar-refractivity contribution in [3.63, 3.8) is 0 Å². The van der Waals surface area contributed by atoms with E-state index in [0.717, 1.165) is 16.6 Å². The van der Waals surface area contributed by atoms with Gasteiger partial charge in [0.25, 0.3) is 6.47 Å². The third kappa shape index (κ3) is 1.35. The second kappa shape index (κ2) is 3.49. The van der Waals surface area contributed by atoms with Crippen molar-refractivity contribution in [2.45, 2.75) is 13.0 Å². The molecule has 72 valence electrons. The van der Waals surface area contributed by atoms with Crippen molar-refractivity contribution < 1.29 is 9.53 Å². The van der Waals surface area contributed by atoms with E-state index in [1.54, 1.807) is 6.20 Å². The normalized spacial score (nSPS) is 12.6. The van der Waals surface area contributed by atoms with Crippen molar-refractivity contribution in [1.29, 1.82) is 0 Å². The molecule has 1 N–H and O–H groups in total. The lowest BCUT2D eigenvalue weighted by molar-refractivity contribution is -0.133. The van der Waals surface area contributed by atoms with Gasteiger partial charge in [-0.05, 0) is 19.1 Å². The SMILES string of the molecule is CC(OC=O)c1c[nH]c2ncccc12. The first-order valence-corrected chi connectivity index (χ1v) is 4.34. The van der Waals surface area contributed by atoms with E-state index in [0.29, 0.717) is 6.47 Å². The number of carbonyl (C=O) groups excluding carboxylic acids is 1. The minimum absolute atomic E-state index is 0.245. The first-order chi connectivity index (χ1) is 6.83. The summed E-state index contributed by atoms with van der Waals surface area (Å²) in [6.07, 6.45) is 3.28. The van der Waals surface area contributed by atoms with E-state index in [-0.39, 0.29) is 6.10 Å². The Balaban J connectivity index is 2.47. The predicted molar refractivity (Wildman–Crippen MR) is 51.7 cm³/mol. The largest absolute Gasteiger partial charge is 0.460 e. The lowest BCUT2D eigenvalue weighted by atomic mass is 10.1. The minimum Gasteiger partial charge on any atom is -0.460 e. The van der Waals surface area contributed by atoms with Crippen LogP contribution in [-0.4, -0.2) is 16.4 Å². The van der Waals surface area contributed by atoms with Crippen molar-refractivity contribution >= 4 is 17.5 Å². The van der Waals surface area contributed by atoms with Crippen LogP contribution in [0.3, 0.4) is 0 Å². The molecule has 0 aliphatic carbocycles. The Hall–Kier alpha value is -1.84. The van der Waals surface area contributed by atoms with E-state index < -0.39 is 0 Å². The quantitative estimate of drug-likeness (QED) is 0.751. The average molecular weight is 190 g/mol. The highest BCUT2D eigenvalue weighted by Crippen LogP contribution is 2.24. The number of carbonyl (C=O) groups is 1. The monoisotopic (exact) mass is 190 g/mol. The number of pyridine rings is 1. The van der Waals surface area contributed by atoms with Crippen molar-refractivity contribution in [3.8, 4) is 0 Å². The van der Waals surface area contributed by atoms with Crippen molar-refractivity contribution in [2.75, 3.05) is 0 Å². The van der Waals surface area contributed by atoms with Crippen LogP contribution >= 0.6 is 0 Å². The molecule has 0 radical (unpaired) electrons. The molecule has 0 aromatic carbocycles. The molecule has 2 rings (SSSR count). The number of aromatic amines is 1. The van der Waals surface area contributed by atoms with Gasteiger partial charge in [0.15, 0.2) is 0 Å². The number of nitrogens with zero attached hydrogens (tertiary/aromatic N) is 1. The molecular weight excluding hydrogens is 180 g/mol. The zero-order valence-electron chi connectivity index (χ0n) is 7.73. The summed E-state index contributed by atoms with van der Waals surface area (Å²) in [5.74, 6) is 0. The highest BCUT2D eigenvalue weighted by Gasteiger charge is 2.11. The number of fused-ring (bicyclic) bond motifs is 1. The summed E-state index contributed by atoms with van der Waals surface area (Å²) >= 11 is 0. The van der Waals surface area contributed by atoms with Gasteiger partial charge in [-0.25, -0.2) is 4.98 Å². The molecule has 0 aliphatic rings. The Kier molecular flexibility index (Phi) is 2.18. The Morgan fingerprint density at radius 2 is 2.50 bits per heavy atom. The number of hydrogen-bond donors (Lipinski definition) is 1. The maximum atomic E-state index is 10.2. The third-order valence-corrected chi connectivity index (χ3v) is 2.18.